The molecule has 2 N–H and O–H groups in total. The van der Waals surface area contributed by atoms with Crippen molar-refractivity contribution < 1.29 is 19.2 Å². The largest absolute Gasteiger partial charge is 0.333 e. The number of anilines is 2. The number of aromatic nitrogens is 1. The Morgan fingerprint density at radius 2 is 2.03 bits per heavy atom. The van der Waals surface area contributed by atoms with Gasteiger partial charge in [-0.1, -0.05) is 32.0 Å². The number of amides is 4. The third kappa shape index (κ3) is 5.03. The van der Waals surface area contributed by atoms with E-state index in [2.05, 4.69) is 21.7 Å². The number of nitriles is 1. The van der Waals surface area contributed by atoms with Gasteiger partial charge >= 0.3 is 0 Å². The first-order chi connectivity index (χ1) is 17.7. The van der Waals surface area contributed by atoms with Gasteiger partial charge in [-0.15, -0.1) is 0 Å². The second kappa shape index (κ2) is 10.4. The summed E-state index contributed by atoms with van der Waals surface area (Å²) in [6.07, 6.45) is 3.11. The van der Waals surface area contributed by atoms with Crippen molar-refractivity contribution in [1.29, 1.82) is 5.26 Å². The smallest absolute Gasteiger partial charge is 0.246 e. The number of para-hydroxylation sites is 1. The van der Waals surface area contributed by atoms with Crippen molar-refractivity contribution in [3.05, 3.63) is 54.4 Å². The summed E-state index contributed by atoms with van der Waals surface area (Å²) in [5.74, 6) is -1.62. The fourth-order valence-corrected chi connectivity index (χ4v) is 5.13. The quantitative estimate of drug-likeness (QED) is 0.558. The normalized spacial score (nSPS) is 20.8. The molecule has 0 bridgehead atoms. The summed E-state index contributed by atoms with van der Waals surface area (Å²) < 4.78 is 0. The molecule has 2 aromatic rings. The Kier molecular flexibility index (Phi) is 7.25. The number of hydrogen-bond donors (Lipinski definition) is 2. The van der Waals surface area contributed by atoms with E-state index in [1.807, 2.05) is 32.0 Å². The van der Waals surface area contributed by atoms with Crippen molar-refractivity contribution in [3.63, 3.8) is 0 Å². The Morgan fingerprint density at radius 1 is 1.27 bits per heavy atom. The Morgan fingerprint density at radius 3 is 2.70 bits per heavy atom. The molecular formula is C27H30N6O4. The first-order valence-electron chi connectivity index (χ1n) is 12.2. The fourth-order valence-electron chi connectivity index (χ4n) is 5.13. The monoisotopic (exact) mass is 502 g/mol. The van der Waals surface area contributed by atoms with Gasteiger partial charge in [0.05, 0.1) is 23.4 Å². The molecule has 10 heteroatoms. The van der Waals surface area contributed by atoms with Crippen molar-refractivity contribution >= 4 is 35.0 Å². The van der Waals surface area contributed by atoms with Gasteiger partial charge in [0.2, 0.25) is 23.6 Å². The molecule has 0 saturated carbocycles. The second-order valence-corrected chi connectivity index (χ2v) is 10.0. The first kappa shape index (κ1) is 25.8. The van der Waals surface area contributed by atoms with Gasteiger partial charge in [-0.25, -0.2) is 0 Å². The van der Waals surface area contributed by atoms with Crippen LogP contribution >= 0.6 is 0 Å². The molecule has 3 heterocycles. The minimum Gasteiger partial charge on any atom is -0.333 e. The summed E-state index contributed by atoms with van der Waals surface area (Å²) in [5, 5.41) is 15.4. The van der Waals surface area contributed by atoms with Gasteiger partial charge in [0.15, 0.2) is 0 Å². The molecule has 0 aliphatic carbocycles. The molecular weight excluding hydrogens is 472 g/mol. The number of pyridine rings is 1. The maximum Gasteiger partial charge on any atom is 0.246 e. The Hall–Kier alpha value is -4.26. The van der Waals surface area contributed by atoms with Crippen molar-refractivity contribution in [2.75, 3.05) is 24.2 Å². The highest BCUT2D eigenvalue weighted by Gasteiger charge is 2.56. The van der Waals surface area contributed by atoms with Crippen molar-refractivity contribution in [3.8, 4) is 6.07 Å². The molecule has 37 heavy (non-hydrogen) atoms. The van der Waals surface area contributed by atoms with E-state index in [9.17, 15) is 24.4 Å². The van der Waals surface area contributed by atoms with E-state index in [1.165, 1.54) is 23.0 Å². The van der Waals surface area contributed by atoms with Crippen LogP contribution in [0.2, 0.25) is 0 Å². The lowest BCUT2D eigenvalue weighted by Gasteiger charge is -2.33. The highest BCUT2D eigenvalue weighted by atomic mass is 16.2. The third-order valence-electron chi connectivity index (χ3n) is 7.01. The number of benzene rings is 1. The number of nitrogens with one attached hydrogen (secondary N) is 2. The number of nitrogens with zero attached hydrogens (tertiary/aromatic N) is 4. The number of hydrogen-bond acceptors (Lipinski definition) is 6. The zero-order valence-electron chi connectivity index (χ0n) is 21.1. The maximum absolute atomic E-state index is 13.9. The third-order valence-corrected chi connectivity index (χ3v) is 7.01. The van der Waals surface area contributed by atoms with Gasteiger partial charge in [-0.3, -0.25) is 24.2 Å². The standard InChI is InChI=1S/C27H30N6O4/c1-17(2)11-22(32(3)24(35)12-23(34)30-18-7-6-10-29-15-18)25(36)33-16-27(13-19(33)14-28)20-8-4-5-9-21(20)31-26(27)37/h4-10,15,17,19,22H,11-13,16H2,1-3H3,(H,30,34)(H,31,37)/t19-,22-,27-/m0/s1. The van der Waals surface area contributed by atoms with E-state index in [0.29, 0.717) is 17.8 Å². The molecule has 0 radical (unpaired) electrons. The van der Waals surface area contributed by atoms with Gasteiger partial charge in [0.1, 0.15) is 18.5 Å². The topological polar surface area (TPSA) is 136 Å². The van der Waals surface area contributed by atoms with Gasteiger partial charge in [0, 0.05) is 31.9 Å². The molecule has 1 spiro atoms. The van der Waals surface area contributed by atoms with E-state index in [1.54, 1.807) is 24.4 Å². The van der Waals surface area contributed by atoms with Crippen LogP contribution in [-0.4, -0.2) is 64.1 Å². The predicted octanol–water partition coefficient (Wildman–Crippen LogP) is 2.30. The van der Waals surface area contributed by atoms with E-state index in [-0.39, 0.29) is 24.8 Å². The summed E-state index contributed by atoms with van der Waals surface area (Å²) in [7, 11) is 1.50. The summed E-state index contributed by atoms with van der Waals surface area (Å²) in [5.41, 5.74) is 0.907. The average molecular weight is 503 g/mol. The molecule has 1 fully saturated rings. The average Bonchev–Trinajstić information content (AvgIpc) is 3.40. The van der Waals surface area contributed by atoms with E-state index < -0.39 is 41.6 Å². The maximum atomic E-state index is 13.9. The van der Waals surface area contributed by atoms with Gasteiger partial charge in [-0.05, 0) is 36.1 Å². The number of likely N-dealkylation sites (N-methyl/N-ethyl adjacent to an activating group) is 1. The molecule has 2 aliphatic heterocycles. The first-order valence-corrected chi connectivity index (χ1v) is 12.2. The van der Waals surface area contributed by atoms with Crippen LogP contribution in [0, 0.1) is 17.2 Å². The van der Waals surface area contributed by atoms with E-state index >= 15 is 0 Å². The van der Waals surface area contributed by atoms with Crippen LogP contribution in [-0.2, 0) is 24.6 Å². The SMILES string of the molecule is CC(C)C[C@@H](C(=O)N1C[C@]2(C[C@H]1C#N)C(=O)Nc1ccccc12)N(C)C(=O)CC(=O)Nc1cccnc1. The molecule has 1 aromatic carbocycles. The molecule has 1 saturated heterocycles. The molecule has 4 rings (SSSR count). The van der Waals surface area contributed by atoms with Crippen LogP contribution in [0.1, 0.15) is 38.7 Å². The van der Waals surface area contributed by atoms with Crippen molar-refractivity contribution in [1.82, 2.24) is 14.8 Å². The lowest BCUT2D eigenvalue weighted by Crippen LogP contribution is -2.52. The van der Waals surface area contributed by atoms with Crippen LogP contribution in [0.25, 0.3) is 0 Å². The van der Waals surface area contributed by atoms with Gasteiger partial charge < -0.3 is 20.4 Å². The summed E-state index contributed by atoms with van der Waals surface area (Å²) >= 11 is 0. The molecule has 4 amide bonds. The van der Waals surface area contributed by atoms with Crippen LogP contribution in [0.5, 0.6) is 0 Å². The number of carbonyl (C=O) groups excluding carboxylic acids is 4. The Bertz CT molecular complexity index is 1260. The highest BCUT2D eigenvalue weighted by molar-refractivity contribution is 6.08. The summed E-state index contributed by atoms with van der Waals surface area (Å²) in [6, 6.07) is 11.1. The Labute approximate surface area is 215 Å². The number of carbonyl (C=O) groups is 4. The number of fused-ring (bicyclic) bond motifs is 2. The van der Waals surface area contributed by atoms with E-state index in [4.69, 9.17) is 0 Å². The minimum atomic E-state index is -1.01. The lowest BCUT2D eigenvalue weighted by atomic mass is 9.80. The minimum absolute atomic E-state index is 0.0467. The number of likely N-dealkylation sites (tertiary alicyclic amines) is 1. The summed E-state index contributed by atoms with van der Waals surface area (Å²) in [4.78, 5) is 59.1. The van der Waals surface area contributed by atoms with Crippen LogP contribution < -0.4 is 10.6 Å². The van der Waals surface area contributed by atoms with Crippen molar-refractivity contribution in [2.24, 2.45) is 5.92 Å². The number of rotatable bonds is 7. The second-order valence-electron chi connectivity index (χ2n) is 10.0. The van der Waals surface area contributed by atoms with Crippen molar-refractivity contribution in [2.45, 2.75) is 50.6 Å². The van der Waals surface area contributed by atoms with Crippen LogP contribution in [0.15, 0.2) is 48.8 Å². The summed E-state index contributed by atoms with van der Waals surface area (Å²) in [6.45, 7) is 3.91. The van der Waals surface area contributed by atoms with Crippen LogP contribution in [0.4, 0.5) is 11.4 Å². The molecule has 192 valence electrons. The molecule has 0 unspecified atom stereocenters. The predicted molar refractivity (Wildman–Crippen MR) is 136 cm³/mol. The van der Waals surface area contributed by atoms with Crippen LogP contribution in [0.3, 0.4) is 0 Å². The van der Waals surface area contributed by atoms with Gasteiger partial charge in [-0.2, -0.15) is 5.26 Å². The molecule has 10 nitrogen and oxygen atoms in total. The lowest BCUT2D eigenvalue weighted by molar-refractivity contribution is -0.146. The zero-order chi connectivity index (χ0) is 26.7. The zero-order valence-corrected chi connectivity index (χ0v) is 21.1. The highest BCUT2D eigenvalue weighted by Crippen LogP contribution is 2.46. The molecule has 2 aliphatic rings. The molecule has 3 atom stereocenters. The molecule has 1 aromatic heterocycles. The van der Waals surface area contributed by atoms with Gasteiger partial charge in [0.25, 0.3) is 0 Å². The van der Waals surface area contributed by atoms with E-state index in [0.717, 1.165) is 5.56 Å². The Balaban J connectivity index is 1.54. The fraction of sp³-hybridized carbons (Fsp3) is 0.407.